The van der Waals surface area contributed by atoms with Crippen LogP contribution < -0.4 is 0 Å². The van der Waals surface area contributed by atoms with E-state index in [1.807, 2.05) is 6.92 Å². The van der Waals surface area contributed by atoms with Gasteiger partial charge in [-0.2, -0.15) is 4.31 Å². The molecule has 1 atom stereocenters. The molecule has 0 aromatic heterocycles. The molecule has 8 nitrogen and oxygen atoms in total. The van der Waals surface area contributed by atoms with Gasteiger partial charge in [-0.25, -0.2) is 8.42 Å². The minimum Gasteiger partial charge on any atom is -0.340 e. The van der Waals surface area contributed by atoms with Crippen molar-refractivity contribution < 1.29 is 18.1 Å². The number of carbonyl (C=O) groups excluding carboxylic acids is 1. The molecule has 0 aliphatic carbocycles. The van der Waals surface area contributed by atoms with E-state index in [1.165, 1.54) is 16.4 Å². The van der Waals surface area contributed by atoms with Crippen LogP contribution in [0.4, 0.5) is 5.69 Å². The number of aryl methyl sites for hydroxylation is 1. The second-order valence-electron chi connectivity index (χ2n) is 8.46. The second-order valence-corrected chi connectivity index (χ2v) is 10.4. The number of nitro benzene ring substituents is 1. The maximum atomic E-state index is 13.0. The van der Waals surface area contributed by atoms with Crippen molar-refractivity contribution in [3.05, 3.63) is 33.9 Å². The van der Waals surface area contributed by atoms with Crippen molar-refractivity contribution in [1.82, 2.24) is 9.21 Å². The highest BCUT2D eigenvalue weighted by atomic mass is 32.2. The quantitative estimate of drug-likeness (QED) is 0.548. The van der Waals surface area contributed by atoms with Gasteiger partial charge in [0, 0.05) is 44.7 Å². The summed E-state index contributed by atoms with van der Waals surface area (Å²) in [5.41, 5.74) is 0.234. The van der Waals surface area contributed by atoms with Crippen molar-refractivity contribution in [2.45, 2.75) is 45.9 Å². The molecule has 0 bridgehead atoms. The van der Waals surface area contributed by atoms with E-state index >= 15 is 0 Å². The predicted octanol–water partition coefficient (Wildman–Crippen LogP) is 2.81. The molecule has 1 fully saturated rings. The van der Waals surface area contributed by atoms with E-state index in [4.69, 9.17) is 0 Å². The van der Waals surface area contributed by atoms with Crippen LogP contribution in [0.3, 0.4) is 0 Å². The average molecular weight is 412 g/mol. The lowest BCUT2D eigenvalue weighted by Crippen LogP contribution is -2.51. The lowest BCUT2D eigenvalue weighted by molar-refractivity contribution is -0.385. The Kier molecular flexibility index (Phi) is 6.50. The molecule has 2 rings (SSSR count). The minimum atomic E-state index is -3.85. The molecule has 1 saturated heterocycles. The lowest BCUT2D eigenvalue weighted by atomic mass is 9.80. The molecule has 1 aliphatic rings. The smallest absolute Gasteiger partial charge is 0.270 e. The number of hydrogen-bond donors (Lipinski definition) is 0. The van der Waals surface area contributed by atoms with Crippen LogP contribution in [0, 0.1) is 28.4 Å². The zero-order valence-electron chi connectivity index (χ0n) is 17.1. The van der Waals surface area contributed by atoms with Crippen LogP contribution in [0.25, 0.3) is 0 Å². The first-order valence-electron chi connectivity index (χ1n) is 9.37. The summed E-state index contributed by atoms with van der Waals surface area (Å²) in [6.45, 7) is 10.9. The summed E-state index contributed by atoms with van der Waals surface area (Å²) in [4.78, 5) is 24.6. The van der Waals surface area contributed by atoms with Crippen molar-refractivity contribution in [3.63, 3.8) is 0 Å². The molecule has 9 heteroatoms. The van der Waals surface area contributed by atoms with Gasteiger partial charge in [0.05, 0.1) is 9.82 Å². The number of carbonyl (C=O) groups is 1. The predicted molar refractivity (Wildman–Crippen MR) is 106 cm³/mol. The standard InChI is InChI=1S/C19H29N3O5S/c1-14-6-7-16(22(24)25)13-17(14)28(26,27)21-10-8-20(9-11-21)18(23)12-15(2)19(3,4)5/h6-7,13,15H,8-12H2,1-5H3. The Morgan fingerprint density at radius 1 is 1.21 bits per heavy atom. The number of nitro groups is 1. The first kappa shape index (κ1) is 22.3. The zero-order chi connectivity index (χ0) is 21.3. The van der Waals surface area contributed by atoms with Crippen molar-refractivity contribution in [2.75, 3.05) is 26.2 Å². The third-order valence-corrected chi connectivity index (χ3v) is 7.59. The van der Waals surface area contributed by atoms with Gasteiger partial charge in [-0.05, 0) is 23.8 Å². The molecule has 1 unspecified atom stereocenters. The van der Waals surface area contributed by atoms with Crippen molar-refractivity contribution in [1.29, 1.82) is 0 Å². The Labute approximate surface area is 166 Å². The Morgan fingerprint density at radius 3 is 2.29 bits per heavy atom. The summed E-state index contributed by atoms with van der Waals surface area (Å²) in [6.07, 6.45) is 0.431. The summed E-state index contributed by atoms with van der Waals surface area (Å²) < 4.78 is 27.2. The van der Waals surface area contributed by atoms with Crippen LogP contribution in [0.1, 0.15) is 39.7 Å². The third kappa shape index (κ3) is 4.88. The Morgan fingerprint density at radius 2 is 1.79 bits per heavy atom. The van der Waals surface area contributed by atoms with Gasteiger partial charge in [-0.1, -0.05) is 33.8 Å². The Bertz CT molecular complexity index is 853. The molecule has 1 aliphatic heterocycles. The molecule has 0 radical (unpaired) electrons. The van der Waals surface area contributed by atoms with E-state index in [9.17, 15) is 23.3 Å². The summed E-state index contributed by atoms with van der Waals surface area (Å²) in [7, 11) is -3.85. The number of amides is 1. The third-order valence-electron chi connectivity index (χ3n) is 5.55. The molecule has 0 N–H and O–H groups in total. The maximum Gasteiger partial charge on any atom is 0.270 e. The SMILES string of the molecule is Cc1ccc([N+](=O)[O-])cc1S(=O)(=O)N1CCN(C(=O)CC(C)C(C)(C)C)CC1. The number of piperazine rings is 1. The highest BCUT2D eigenvalue weighted by molar-refractivity contribution is 7.89. The highest BCUT2D eigenvalue weighted by Gasteiger charge is 2.33. The van der Waals surface area contributed by atoms with Crippen LogP contribution in [-0.4, -0.2) is 54.6 Å². The van der Waals surface area contributed by atoms with Gasteiger partial charge in [0.1, 0.15) is 0 Å². The first-order chi connectivity index (χ1) is 12.8. The van der Waals surface area contributed by atoms with Gasteiger partial charge in [0.2, 0.25) is 15.9 Å². The number of rotatable bonds is 5. The largest absolute Gasteiger partial charge is 0.340 e. The molecule has 1 heterocycles. The monoisotopic (exact) mass is 411 g/mol. The highest BCUT2D eigenvalue weighted by Crippen LogP contribution is 2.29. The van der Waals surface area contributed by atoms with Crippen molar-refractivity contribution >= 4 is 21.6 Å². The van der Waals surface area contributed by atoms with Crippen LogP contribution in [0.15, 0.2) is 23.1 Å². The fourth-order valence-corrected chi connectivity index (χ4v) is 4.66. The molecule has 0 spiro atoms. The van der Waals surface area contributed by atoms with Crippen LogP contribution in [0.5, 0.6) is 0 Å². The van der Waals surface area contributed by atoms with E-state index < -0.39 is 14.9 Å². The Balaban J connectivity index is 2.09. The molecule has 1 aromatic carbocycles. The van der Waals surface area contributed by atoms with E-state index in [0.717, 1.165) is 6.07 Å². The van der Waals surface area contributed by atoms with Gasteiger partial charge in [0.25, 0.3) is 5.69 Å². The molecule has 28 heavy (non-hydrogen) atoms. The molecular formula is C19H29N3O5S. The van der Waals surface area contributed by atoms with Gasteiger partial charge in [-0.15, -0.1) is 0 Å². The molecule has 0 saturated carbocycles. The van der Waals surface area contributed by atoms with Gasteiger partial charge in [-0.3, -0.25) is 14.9 Å². The second kappa shape index (κ2) is 8.16. The first-order valence-corrected chi connectivity index (χ1v) is 10.8. The summed E-state index contributed by atoms with van der Waals surface area (Å²) in [5.74, 6) is 0.250. The van der Waals surface area contributed by atoms with Gasteiger partial charge < -0.3 is 4.90 Å². The number of sulfonamides is 1. The summed E-state index contributed by atoms with van der Waals surface area (Å²) in [6, 6.07) is 3.84. The minimum absolute atomic E-state index is 0.0281. The summed E-state index contributed by atoms with van der Waals surface area (Å²) in [5, 5.41) is 11.0. The number of benzene rings is 1. The molecular weight excluding hydrogens is 382 g/mol. The lowest BCUT2D eigenvalue weighted by Gasteiger charge is -2.36. The maximum absolute atomic E-state index is 13.0. The zero-order valence-corrected chi connectivity index (χ0v) is 18.0. The number of hydrogen-bond acceptors (Lipinski definition) is 5. The van der Waals surface area contributed by atoms with Gasteiger partial charge in [0.15, 0.2) is 0 Å². The fourth-order valence-electron chi connectivity index (χ4n) is 2.99. The van der Waals surface area contributed by atoms with Gasteiger partial charge >= 0.3 is 0 Å². The summed E-state index contributed by atoms with van der Waals surface area (Å²) >= 11 is 0. The van der Waals surface area contributed by atoms with E-state index in [-0.39, 0.29) is 40.9 Å². The van der Waals surface area contributed by atoms with E-state index in [2.05, 4.69) is 20.8 Å². The fraction of sp³-hybridized carbons (Fsp3) is 0.632. The average Bonchev–Trinajstić information content (AvgIpc) is 2.60. The number of non-ortho nitro benzene ring substituents is 1. The van der Waals surface area contributed by atoms with Crippen LogP contribution >= 0.6 is 0 Å². The molecule has 156 valence electrons. The molecule has 1 amide bonds. The number of nitrogens with zero attached hydrogens (tertiary/aromatic N) is 3. The van der Waals surface area contributed by atoms with Crippen molar-refractivity contribution in [3.8, 4) is 0 Å². The van der Waals surface area contributed by atoms with Crippen molar-refractivity contribution in [2.24, 2.45) is 11.3 Å². The van der Waals surface area contributed by atoms with E-state index in [0.29, 0.717) is 25.1 Å². The van der Waals surface area contributed by atoms with Crippen LogP contribution in [-0.2, 0) is 14.8 Å². The topological polar surface area (TPSA) is 101 Å². The Hall–Kier alpha value is -2.00. The normalized spacial score (nSPS) is 17.4. The molecule has 1 aromatic rings. The van der Waals surface area contributed by atoms with Crippen LogP contribution in [0.2, 0.25) is 0 Å². The van der Waals surface area contributed by atoms with E-state index in [1.54, 1.807) is 11.8 Å².